The summed E-state index contributed by atoms with van der Waals surface area (Å²) in [6.45, 7) is 1.71. The lowest BCUT2D eigenvalue weighted by atomic mass is 9.79. The Hall–Kier alpha value is -1.36. The van der Waals surface area contributed by atoms with Crippen molar-refractivity contribution in [1.29, 1.82) is 0 Å². The van der Waals surface area contributed by atoms with Crippen LogP contribution in [0.4, 0.5) is 0 Å². The maximum atomic E-state index is 9.60. The average Bonchev–Trinajstić information content (AvgIpc) is 2.27. The Morgan fingerprint density at radius 2 is 1.88 bits per heavy atom. The minimum absolute atomic E-state index is 0.454. The lowest BCUT2D eigenvalue weighted by molar-refractivity contribution is 0.201. The average molecular weight is 216 g/mol. The first-order valence-corrected chi connectivity index (χ1v) is 5.16. The summed E-state index contributed by atoms with van der Waals surface area (Å²) in [6.07, 6.45) is -0.534. The van der Waals surface area contributed by atoms with Gasteiger partial charge in [0, 0.05) is 0 Å². The van der Waals surface area contributed by atoms with E-state index in [1.54, 1.807) is 25.1 Å². The zero-order valence-electron chi connectivity index (χ0n) is 8.96. The van der Waals surface area contributed by atoms with Gasteiger partial charge in [-0.1, -0.05) is 36.4 Å². The summed E-state index contributed by atoms with van der Waals surface area (Å²) in [5.74, 6) is 0. The van der Waals surface area contributed by atoms with Gasteiger partial charge in [-0.2, -0.15) is 0 Å². The highest BCUT2D eigenvalue weighted by Crippen LogP contribution is 2.23. The fourth-order valence-electron chi connectivity index (χ4n) is 1.85. The Balaban J connectivity index is 2.64. The number of aliphatic hydroxyl groups excluding tert-OH is 1. The van der Waals surface area contributed by atoms with Gasteiger partial charge in [0.1, 0.15) is 0 Å². The van der Waals surface area contributed by atoms with E-state index in [9.17, 15) is 5.11 Å². The smallest absolute Gasteiger partial charge is 0.423 e. The first-order chi connectivity index (χ1) is 7.59. The fourth-order valence-corrected chi connectivity index (χ4v) is 1.85. The summed E-state index contributed by atoms with van der Waals surface area (Å²) in [7, 11) is -1.46. The van der Waals surface area contributed by atoms with Crippen molar-refractivity contribution in [3.05, 3.63) is 42.0 Å². The first kappa shape index (κ1) is 11.1. The number of rotatable bonds is 2. The molecule has 2 aromatic carbocycles. The third-order valence-corrected chi connectivity index (χ3v) is 2.69. The molecule has 3 N–H and O–H groups in total. The number of aliphatic hydroxyl groups is 1. The molecular weight excluding hydrogens is 203 g/mol. The predicted octanol–water partition coefficient (Wildman–Crippen LogP) is 0.573. The minimum Gasteiger partial charge on any atom is -0.423 e. The molecular formula is C12H13BO3. The van der Waals surface area contributed by atoms with Crippen LogP contribution in [-0.2, 0) is 0 Å². The van der Waals surface area contributed by atoms with E-state index in [1.807, 2.05) is 18.2 Å². The van der Waals surface area contributed by atoms with Crippen molar-refractivity contribution in [3.63, 3.8) is 0 Å². The van der Waals surface area contributed by atoms with Crippen LogP contribution in [-0.4, -0.2) is 22.3 Å². The second-order valence-corrected chi connectivity index (χ2v) is 3.88. The zero-order valence-corrected chi connectivity index (χ0v) is 8.96. The number of hydrogen-bond donors (Lipinski definition) is 3. The number of hydrogen-bond acceptors (Lipinski definition) is 3. The van der Waals surface area contributed by atoms with Gasteiger partial charge in [-0.15, -0.1) is 0 Å². The van der Waals surface area contributed by atoms with Gasteiger partial charge in [-0.3, -0.25) is 0 Å². The van der Waals surface area contributed by atoms with Crippen LogP contribution in [0.5, 0.6) is 0 Å². The molecule has 0 aliphatic carbocycles. The first-order valence-electron chi connectivity index (χ1n) is 5.16. The summed E-state index contributed by atoms with van der Waals surface area (Å²) in [6, 6.07) is 10.8. The van der Waals surface area contributed by atoms with Crippen molar-refractivity contribution < 1.29 is 15.2 Å². The molecule has 0 aromatic heterocycles. The van der Waals surface area contributed by atoms with E-state index in [1.165, 1.54) is 0 Å². The van der Waals surface area contributed by atoms with Crippen LogP contribution in [0.2, 0.25) is 0 Å². The van der Waals surface area contributed by atoms with Gasteiger partial charge in [-0.05, 0) is 28.7 Å². The van der Waals surface area contributed by atoms with Crippen LogP contribution in [0.15, 0.2) is 36.4 Å². The molecule has 0 radical (unpaired) electrons. The van der Waals surface area contributed by atoms with Crippen molar-refractivity contribution in [2.45, 2.75) is 13.0 Å². The summed E-state index contributed by atoms with van der Waals surface area (Å²) in [5.41, 5.74) is 1.30. The SMILES string of the molecule is CC(O)c1cccc2cc(B(O)O)ccc12. The molecule has 0 heterocycles. The summed E-state index contributed by atoms with van der Waals surface area (Å²) < 4.78 is 0. The van der Waals surface area contributed by atoms with Crippen LogP contribution in [0.25, 0.3) is 10.8 Å². The van der Waals surface area contributed by atoms with Gasteiger partial charge in [0.2, 0.25) is 0 Å². The predicted molar refractivity (Wildman–Crippen MR) is 64.4 cm³/mol. The van der Waals surface area contributed by atoms with E-state index in [-0.39, 0.29) is 0 Å². The van der Waals surface area contributed by atoms with E-state index >= 15 is 0 Å². The lowest BCUT2D eigenvalue weighted by Crippen LogP contribution is -2.29. The molecule has 0 saturated carbocycles. The quantitative estimate of drug-likeness (QED) is 0.643. The van der Waals surface area contributed by atoms with Crippen LogP contribution >= 0.6 is 0 Å². The summed E-state index contributed by atoms with van der Waals surface area (Å²) in [5, 5.41) is 29.6. The van der Waals surface area contributed by atoms with Crippen LogP contribution in [0.1, 0.15) is 18.6 Å². The third kappa shape index (κ3) is 1.95. The monoisotopic (exact) mass is 216 g/mol. The van der Waals surface area contributed by atoms with Crippen molar-refractivity contribution in [2.75, 3.05) is 0 Å². The van der Waals surface area contributed by atoms with Gasteiger partial charge in [-0.25, -0.2) is 0 Å². The lowest BCUT2D eigenvalue weighted by Gasteiger charge is -2.10. The number of fused-ring (bicyclic) bond motifs is 1. The largest absolute Gasteiger partial charge is 0.488 e. The molecule has 0 spiro atoms. The van der Waals surface area contributed by atoms with Crippen molar-refractivity contribution in [3.8, 4) is 0 Å². The highest BCUT2D eigenvalue weighted by molar-refractivity contribution is 6.58. The Bertz CT molecular complexity index is 509. The van der Waals surface area contributed by atoms with Crippen LogP contribution in [0.3, 0.4) is 0 Å². The highest BCUT2D eigenvalue weighted by atomic mass is 16.4. The standard InChI is InChI=1S/C12H13BO3/c1-8(14)11-4-2-3-9-7-10(13(15)16)5-6-12(9)11/h2-8,14-16H,1H3. The molecule has 2 aromatic rings. The van der Waals surface area contributed by atoms with E-state index in [4.69, 9.17) is 10.0 Å². The summed E-state index contributed by atoms with van der Waals surface area (Å²) in [4.78, 5) is 0. The second-order valence-electron chi connectivity index (χ2n) is 3.88. The fraction of sp³-hybridized carbons (Fsp3) is 0.167. The number of benzene rings is 2. The Morgan fingerprint density at radius 1 is 1.12 bits per heavy atom. The summed E-state index contributed by atoms with van der Waals surface area (Å²) >= 11 is 0. The van der Waals surface area contributed by atoms with E-state index in [2.05, 4.69) is 0 Å². The molecule has 0 saturated heterocycles. The minimum atomic E-state index is -1.46. The molecule has 1 unspecified atom stereocenters. The van der Waals surface area contributed by atoms with Gasteiger partial charge in [0.05, 0.1) is 6.10 Å². The van der Waals surface area contributed by atoms with Gasteiger partial charge < -0.3 is 15.2 Å². The molecule has 3 nitrogen and oxygen atoms in total. The molecule has 0 aliphatic heterocycles. The van der Waals surface area contributed by atoms with E-state index < -0.39 is 13.2 Å². The van der Waals surface area contributed by atoms with Gasteiger partial charge in [0.15, 0.2) is 0 Å². The third-order valence-electron chi connectivity index (χ3n) is 2.69. The Labute approximate surface area is 94.1 Å². The molecule has 0 amide bonds. The molecule has 0 aliphatic rings. The Morgan fingerprint density at radius 3 is 2.50 bits per heavy atom. The maximum absolute atomic E-state index is 9.60. The van der Waals surface area contributed by atoms with Crippen LogP contribution < -0.4 is 5.46 Å². The molecule has 82 valence electrons. The van der Waals surface area contributed by atoms with Crippen molar-refractivity contribution in [2.24, 2.45) is 0 Å². The van der Waals surface area contributed by atoms with Crippen LogP contribution in [0, 0.1) is 0 Å². The maximum Gasteiger partial charge on any atom is 0.488 e. The molecule has 16 heavy (non-hydrogen) atoms. The molecule has 0 fully saturated rings. The molecule has 4 heteroatoms. The van der Waals surface area contributed by atoms with E-state index in [0.717, 1.165) is 16.3 Å². The highest BCUT2D eigenvalue weighted by Gasteiger charge is 2.12. The zero-order chi connectivity index (χ0) is 11.7. The normalized spacial score (nSPS) is 12.8. The van der Waals surface area contributed by atoms with Gasteiger partial charge >= 0.3 is 7.12 Å². The topological polar surface area (TPSA) is 60.7 Å². The molecule has 2 rings (SSSR count). The molecule has 1 atom stereocenters. The second kappa shape index (κ2) is 4.25. The van der Waals surface area contributed by atoms with Crippen molar-refractivity contribution >= 4 is 23.4 Å². The Kier molecular flexibility index (Phi) is 2.96. The van der Waals surface area contributed by atoms with E-state index in [0.29, 0.717) is 5.46 Å². The molecule has 0 bridgehead atoms. The van der Waals surface area contributed by atoms with Crippen molar-refractivity contribution in [1.82, 2.24) is 0 Å². The van der Waals surface area contributed by atoms with Gasteiger partial charge in [0.25, 0.3) is 0 Å².